The van der Waals surface area contributed by atoms with E-state index in [2.05, 4.69) is 23.5 Å². The van der Waals surface area contributed by atoms with Crippen LogP contribution in [0.3, 0.4) is 0 Å². The third-order valence-electron chi connectivity index (χ3n) is 2.98. The summed E-state index contributed by atoms with van der Waals surface area (Å²) in [4.78, 5) is 11.4. The maximum absolute atomic E-state index is 11.4. The molecule has 0 heterocycles. The topological polar surface area (TPSA) is 52.9 Å². The zero-order valence-corrected chi connectivity index (χ0v) is 13.5. The first-order chi connectivity index (χ1) is 10.2. The molecule has 0 aliphatic heterocycles. The summed E-state index contributed by atoms with van der Waals surface area (Å²) in [5, 5.41) is 12.7. The van der Waals surface area contributed by atoms with Crippen LogP contribution in [0.2, 0.25) is 5.32 Å². The molecule has 106 valence electrons. The van der Waals surface area contributed by atoms with Gasteiger partial charge in [-0.3, -0.25) is 0 Å². The van der Waals surface area contributed by atoms with E-state index in [4.69, 9.17) is 5.26 Å². The Morgan fingerprint density at radius 1 is 1.19 bits per heavy atom. The molecule has 0 saturated heterocycles. The summed E-state index contributed by atoms with van der Waals surface area (Å²) in [6.07, 6.45) is 0. The van der Waals surface area contributed by atoms with Gasteiger partial charge in [0.2, 0.25) is 0 Å². The van der Waals surface area contributed by atoms with Crippen molar-refractivity contribution in [3.05, 3.63) is 65.7 Å². The van der Waals surface area contributed by atoms with Gasteiger partial charge >= 0.3 is 131 Å². The van der Waals surface area contributed by atoms with Gasteiger partial charge in [0.05, 0.1) is 0 Å². The molecule has 0 aliphatic rings. The van der Waals surface area contributed by atoms with E-state index < -0.39 is 0 Å². The van der Waals surface area contributed by atoms with Crippen molar-refractivity contribution < 1.29 is 4.79 Å². The Balaban J connectivity index is 2.10. The first-order valence-electron chi connectivity index (χ1n) is 6.64. The second kappa shape index (κ2) is 7.64. The zero-order valence-electron chi connectivity index (χ0n) is 11.7. The molecular formula is C17H16N2OSe. The molecule has 2 rings (SSSR count). The minimum absolute atomic E-state index is 0.00421. The number of nitrogens with one attached hydrogen (secondary N) is 1. The van der Waals surface area contributed by atoms with Gasteiger partial charge in [-0.2, -0.15) is 0 Å². The average Bonchev–Trinajstić information content (AvgIpc) is 2.52. The van der Waals surface area contributed by atoms with Crippen LogP contribution < -0.4 is 9.78 Å². The van der Waals surface area contributed by atoms with Gasteiger partial charge in [-0.15, -0.1) is 0 Å². The number of hydrogen-bond acceptors (Lipinski definition) is 2. The molecule has 1 N–H and O–H groups in total. The summed E-state index contributed by atoms with van der Waals surface area (Å²) in [5.74, 6) is -0.0341. The number of nitrogens with zero attached hydrogens (tertiary/aromatic N) is 1. The Kier molecular flexibility index (Phi) is 5.57. The standard InChI is InChI=1S/C17H16N2OSe/c1-13(20)19-17(12-21-16-5-3-2-4-6-16)15-9-7-14(11-18)8-10-15/h2-10,17H,12H2,1H3,(H,19,20). The van der Waals surface area contributed by atoms with Crippen molar-refractivity contribution >= 4 is 25.3 Å². The van der Waals surface area contributed by atoms with E-state index in [1.54, 1.807) is 12.1 Å². The summed E-state index contributed by atoms with van der Waals surface area (Å²) < 4.78 is 1.31. The molecule has 1 unspecified atom stereocenters. The van der Waals surface area contributed by atoms with Crippen molar-refractivity contribution in [1.82, 2.24) is 5.32 Å². The van der Waals surface area contributed by atoms with Gasteiger partial charge < -0.3 is 0 Å². The number of carbonyl (C=O) groups is 1. The summed E-state index contributed by atoms with van der Waals surface area (Å²) in [6.45, 7) is 1.53. The number of amides is 1. The predicted molar refractivity (Wildman–Crippen MR) is 84.4 cm³/mol. The van der Waals surface area contributed by atoms with Crippen molar-refractivity contribution in [2.24, 2.45) is 0 Å². The van der Waals surface area contributed by atoms with Crippen LogP contribution in [-0.4, -0.2) is 20.9 Å². The second-order valence-corrected chi connectivity index (χ2v) is 6.91. The van der Waals surface area contributed by atoms with E-state index in [1.807, 2.05) is 30.3 Å². The number of carbonyl (C=O) groups excluding carboxylic acids is 1. The third kappa shape index (κ3) is 4.75. The molecule has 0 aromatic heterocycles. The number of benzene rings is 2. The third-order valence-corrected chi connectivity index (χ3v) is 5.30. The SMILES string of the molecule is CC(=O)NC(C[Se]c1ccccc1)c1ccc(C#N)cc1. The molecule has 0 fully saturated rings. The van der Waals surface area contributed by atoms with Crippen LogP contribution in [-0.2, 0) is 4.79 Å². The molecule has 0 spiro atoms. The second-order valence-electron chi connectivity index (χ2n) is 4.61. The van der Waals surface area contributed by atoms with Crippen LogP contribution in [0.15, 0.2) is 54.6 Å². The molecule has 3 nitrogen and oxygen atoms in total. The Hall–Kier alpha value is -2.08. The molecule has 0 radical (unpaired) electrons. The predicted octanol–water partition coefficient (Wildman–Crippen LogP) is 2.18. The fourth-order valence-electron chi connectivity index (χ4n) is 1.95. The normalized spacial score (nSPS) is 11.4. The first-order valence-corrected chi connectivity index (χ1v) is 8.71. The van der Waals surface area contributed by atoms with E-state index >= 15 is 0 Å². The van der Waals surface area contributed by atoms with Gasteiger partial charge in [0, 0.05) is 0 Å². The van der Waals surface area contributed by atoms with Crippen molar-refractivity contribution in [2.75, 3.05) is 0 Å². The van der Waals surface area contributed by atoms with Crippen LogP contribution in [0.5, 0.6) is 0 Å². The van der Waals surface area contributed by atoms with Crippen LogP contribution >= 0.6 is 0 Å². The van der Waals surface area contributed by atoms with Crippen LogP contribution in [0.1, 0.15) is 24.1 Å². The Bertz CT molecular complexity index is 632. The maximum atomic E-state index is 11.4. The molecule has 2 aromatic carbocycles. The molecule has 21 heavy (non-hydrogen) atoms. The quantitative estimate of drug-likeness (QED) is 0.846. The average molecular weight is 343 g/mol. The summed E-state index contributed by atoms with van der Waals surface area (Å²) >= 11 is 0.294. The van der Waals surface area contributed by atoms with Gasteiger partial charge in [0.1, 0.15) is 0 Å². The van der Waals surface area contributed by atoms with E-state index in [1.165, 1.54) is 11.4 Å². The van der Waals surface area contributed by atoms with E-state index in [-0.39, 0.29) is 11.9 Å². The van der Waals surface area contributed by atoms with Gasteiger partial charge in [0.25, 0.3) is 0 Å². The molecule has 0 saturated carbocycles. The van der Waals surface area contributed by atoms with Crippen LogP contribution in [0, 0.1) is 11.3 Å². The van der Waals surface area contributed by atoms with Crippen molar-refractivity contribution in [2.45, 2.75) is 18.3 Å². The molecule has 0 bridgehead atoms. The molecule has 4 heteroatoms. The summed E-state index contributed by atoms with van der Waals surface area (Å²) in [5.41, 5.74) is 1.68. The Morgan fingerprint density at radius 2 is 1.86 bits per heavy atom. The fourth-order valence-corrected chi connectivity index (χ4v) is 4.02. The van der Waals surface area contributed by atoms with Crippen molar-refractivity contribution in [3.8, 4) is 6.07 Å². The van der Waals surface area contributed by atoms with Crippen LogP contribution in [0.25, 0.3) is 0 Å². The van der Waals surface area contributed by atoms with E-state index in [9.17, 15) is 4.79 Å². The van der Waals surface area contributed by atoms with Gasteiger partial charge in [-0.25, -0.2) is 0 Å². The van der Waals surface area contributed by atoms with Crippen LogP contribution in [0.4, 0.5) is 0 Å². The minimum atomic E-state index is -0.0341. The molecular weight excluding hydrogens is 327 g/mol. The van der Waals surface area contributed by atoms with Crippen molar-refractivity contribution in [3.63, 3.8) is 0 Å². The molecule has 1 atom stereocenters. The van der Waals surface area contributed by atoms with Gasteiger partial charge in [-0.1, -0.05) is 0 Å². The number of rotatable bonds is 5. The summed E-state index contributed by atoms with van der Waals surface area (Å²) in [6, 6.07) is 19.8. The zero-order chi connectivity index (χ0) is 15.1. The monoisotopic (exact) mass is 344 g/mol. The van der Waals surface area contributed by atoms with Gasteiger partial charge in [-0.05, 0) is 0 Å². The first kappa shape index (κ1) is 15.3. The molecule has 2 aromatic rings. The Labute approximate surface area is 131 Å². The fraction of sp³-hybridized carbons (Fsp3) is 0.176. The van der Waals surface area contributed by atoms with Gasteiger partial charge in [0.15, 0.2) is 0 Å². The summed E-state index contributed by atoms with van der Waals surface area (Å²) in [7, 11) is 0. The molecule has 1 amide bonds. The van der Waals surface area contributed by atoms with E-state index in [0.29, 0.717) is 20.5 Å². The Morgan fingerprint density at radius 3 is 2.43 bits per heavy atom. The van der Waals surface area contributed by atoms with Crippen molar-refractivity contribution in [1.29, 1.82) is 5.26 Å². The van der Waals surface area contributed by atoms with E-state index in [0.717, 1.165) is 10.9 Å². The number of nitriles is 1. The number of hydrogen-bond donors (Lipinski definition) is 1. The molecule has 0 aliphatic carbocycles.